The number of hydrogen-bond acceptors (Lipinski definition) is 3. The van der Waals surface area contributed by atoms with E-state index in [1.807, 2.05) is 41.3 Å². The predicted molar refractivity (Wildman–Crippen MR) is 115 cm³/mol. The molecule has 2 aromatic rings. The smallest absolute Gasteiger partial charge is 0.232 e. The van der Waals surface area contributed by atoms with Crippen molar-refractivity contribution in [2.75, 3.05) is 36.8 Å². The van der Waals surface area contributed by atoms with Gasteiger partial charge in [0, 0.05) is 47.1 Å². The molecular formula is C20H22BrClN2OS. The predicted octanol–water partition coefficient (Wildman–Crippen LogP) is 4.99. The molecule has 0 unspecified atom stereocenters. The van der Waals surface area contributed by atoms with Gasteiger partial charge in [0.25, 0.3) is 0 Å². The van der Waals surface area contributed by atoms with E-state index >= 15 is 0 Å². The number of rotatable bonds is 5. The van der Waals surface area contributed by atoms with Gasteiger partial charge in [0.05, 0.1) is 5.75 Å². The molecule has 3 nitrogen and oxygen atoms in total. The van der Waals surface area contributed by atoms with Gasteiger partial charge in [0.2, 0.25) is 5.91 Å². The number of hydrogen-bond donors (Lipinski definition) is 0. The lowest BCUT2D eigenvalue weighted by molar-refractivity contribution is -0.128. The number of benzene rings is 2. The fourth-order valence-corrected chi connectivity index (χ4v) is 4.78. The fourth-order valence-electron chi connectivity index (χ4n) is 3.08. The summed E-state index contributed by atoms with van der Waals surface area (Å²) >= 11 is 11.4. The first kappa shape index (κ1) is 19.6. The van der Waals surface area contributed by atoms with E-state index in [1.54, 1.807) is 11.8 Å². The Hall–Kier alpha value is -1.17. The van der Waals surface area contributed by atoms with Crippen LogP contribution in [-0.2, 0) is 10.5 Å². The molecule has 0 radical (unpaired) electrons. The van der Waals surface area contributed by atoms with Crippen LogP contribution in [0.15, 0.2) is 46.9 Å². The van der Waals surface area contributed by atoms with Gasteiger partial charge in [-0.05, 0) is 36.2 Å². The number of carbonyl (C=O) groups is 1. The van der Waals surface area contributed by atoms with E-state index in [0.29, 0.717) is 5.75 Å². The lowest BCUT2D eigenvalue weighted by Crippen LogP contribution is -2.49. The van der Waals surface area contributed by atoms with Gasteiger partial charge in [-0.15, -0.1) is 11.8 Å². The lowest BCUT2D eigenvalue weighted by Gasteiger charge is -2.37. The molecule has 1 aliphatic heterocycles. The molecule has 138 valence electrons. The maximum atomic E-state index is 12.5. The van der Waals surface area contributed by atoms with Crippen LogP contribution in [0.1, 0.15) is 11.1 Å². The van der Waals surface area contributed by atoms with Crippen molar-refractivity contribution >= 4 is 50.9 Å². The summed E-state index contributed by atoms with van der Waals surface area (Å²) in [7, 11) is 0. The minimum absolute atomic E-state index is 0.226. The molecule has 26 heavy (non-hydrogen) atoms. The summed E-state index contributed by atoms with van der Waals surface area (Å²) in [5.41, 5.74) is 3.62. The lowest BCUT2D eigenvalue weighted by atomic mass is 10.1. The van der Waals surface area contributed by atoms with Crippen LogP contribution in [0.3, 0.4) is 0 Å². The van der Waals surface area contributed by atoms with Gasteiger partial charge in [-0.3, -0.25) is 4.79 Å². The normalized spacial score (nSPS) is 14.6. The second-order valence-corrected chi connectivity index (χ2v) is 8.66. The number of halogens is 2. The zero-order valence-corrected chi connectivity index (χ0v) is 17.9. The Morgan fingerprint density at radius 1 is 1.15 bits per heavy atom. The molecule has 3 rings (SSSR count). The average molecular weight is 454 g/mol. The van der Waals surface area contributed by atoms with E-state index in [-0.39, 0.29) is 5.91 Å². The first-order valence-corrected chi connectivity index (χ1v) is 11.0. The van der Waals surface area contributed by atoms with Crippen LogP contribution in [0, 0.1) is 6.92 Å². The Bertz CT molecular complexity index is 778. The number of carbonyl (C=O) groups excluding carboxylic acids is 1. The van der Waals surface area contributed by atoms with E-state index in [1.165, 1.54) is 16.8 Å². The number of piperazine rings is 1. The van der Waals surface area contributed by atoms with Gasteiger partial charge in [-0.1, -0.05) is 51.8 Å². The van der Waals surface area contributed by atoms with Crippen molar-refractivity contribution in [2.45, 2.75) is 12.7 Å². The average Bonchev–Trinajstić information content (AvgIpc) is 2.65. The van der Waals surface area contributed by atoms with E-state index in [0.717, 1.165) is 41.4 Å². The zero-order chi connectivity index (χ0) is 18.5. The summed E-state index contributed by atoms with van der Waals surface area (Å²) in [6.07, 6.45) is 0. The number of amides is 1. The minimum atomic E-state index is 0.226. The monoisotopic (exact) mass is 452 g/mol. The number of aryl methyl sites for hydroxylation is 1. The summed E-state index contributed by atoms with van der Waals surface area (Å²) in [6.45, 7) is 5.33. The molecule has 0 atom stereocenters. The Morgan fingerprint density at radius 2 is 1.88 bits per heavy atom. The molecular weight excluding hydrogens is 432 g/mol. The molecule has 1 amide bonds. The second-order valence-electron chi connectivity index (χ2n) is 6.38. The van der Waals surface area contributed by atoms with Crippen molar-refractivity contribution in [3.63, 3.8) is 0 Å². The van der Waals surface area contributed by atoms with Crippen LogP contribution in [0.5, 0.6) is 0 Å². The van der Waals surface area contributed by atoms with E-state index in [9.17, 15) is 4.79 Å². The van der Waals surface area contributed by atoms with Gasteiger partial charge < -0.3 is 9.80 Å². The molecule has 0 saturated carbocycles. The number of nitrogens with zero attached hydrogens (tertiary/aromatic N) is 2. The summed E-state index contributed by atoms with van der Waals surface area (Å²) < 4.78 is 1.10. The molecule has 0 bridgehead atoms. The molecule has 1 heterocycles. The van der Waals surface area contributed by atoms with Crippen molar-refractivity contribution in [3.05, 3.63) is 63.1 Å². The molecule has 2 aromatic carbocycles. The molecule has 1 aliphatic rings. The SMILES string of the molecule is Cc1ccc(Cl)cc1N1CCN(C(=O)CSCc2ccccc2Br)CC1. The third kappa shape index (κ3) is 4.96. The third-order valence-electron chi connectivity index (χ3n) is 4.59. The van der Waals surface area contributed by atoms with Gasteiger partial charge in [0.15, 0.2) is 0 Å². The van der Waals surface area contributed by atoms with Gasteiger partial charge in [-0.2, -0.15) is 0 Å². The van der Waals surface area contributed by atoms with Crippen molar-refractivity contribution in [1.82, 2.24) is 4.90 Å². The third-order valence-corrected chi connectivity index (χ3v) is 6.56. The summed E-state index contributed by atoms with van der Waals surface area (Å²) in [5, 5.41) is 0.757. The van der Waals surface area contributed by atoms with E-state index < -0.39 is 0 Å². The maximum Gasteiger partial charge on any atom is 0.232 e. The summed E-state index contributed by atoms with van der Waals surface area (Å²) in [6, 6.07) is 14.1. The van der Waals surface area contributed by atoms with Crippen LogP contribution in [0.4, 0.5) is 5.69 Å². The Labute approximate surface area is 172 Å². The van der Waals surface area contributed by atoms with Crippen molar-refractivity contribution in [3.8, 4) is 0 Å². The minimum Gasteiger partial charge on any atom is -0.368 e. The van der Waals surface area contributed by atoms with Crippen molar-refractivity contribution in [2.24, 2.45) is 0 Å². The highest BCUT2D eigenvalue weighted by Crippen LogP contribution is 2.26. The second kappa shape index (κ2) is 9.16. The summed E-state index contributed by atoms with van der Waals surface area (Å²) in [4.78, 5) is 16.8. The largest absolute Gasteiger partial charge is 0.368 e. The van der Waals surface area contributed by atoms with Gasteiger partial charge >= 0.3 is 0 Å². The van der Waals surface area contributed by atoms with Crippen LogP contribution in [0.2, 0.25) is 5.02 Å². The Balaban J connectivity index is 1.48. The van der Waals surface area contributed by atoms with E-state index in [2.05, 4.69) is 33.8 Å². The highest BCUT2D eigenvalue weighted by atomic mass is 79.9. The quantitative estimate of drug-likeness (QED) is 0.637. The van der Waals surface area contributed by atoms with E-state index in [4.69, 9.17) is 11.6 Å². The number of thioether (sulfide) groups is 1. The standard InChI is InChI=1S/C20H22BrClN2OS/c1-15-6-7-17(22)12-19(15)23-8-10-24(11-9-23)20(25)14-26-13-16-4-2-3-5-18(16)21/h2-7,12H,8-11,13-14H2,1H3. The van der Waals surface area contributed by atoms with Crippen molar-refractivity contribution in [1.29, 1.82) is 0 Å². The summed E-state index contributed by atoms with van der Waals surface area (Å²) in [5.74, 6) is 1.59. The Kier molecular flexibility index (Phi) is 6.90. The van der Waals surface area contributed by atoms with Crippen LogP contribution in [0.25, 0.3) is 0 Å². The molecule has 0 N–H and O–H groups in total. The molecule has 0 spiro atoms. The molecule has 0 aliphatic carbocycles. The highest BCUT2D eigenvalue weighted by molar-refractivity contribution is 9.10. The molecule has 6 heteroatoms. The van der Waals surface area contributed by atoms with Crippen LogP contribution < -0.4 is 4.90 Å². The number of anilines is 1. The first-order valence-electron chi connectivity index (χ1n) is 8.64. The van der Waals surface area contributed by atoms with Crippen LogP contribution in [-0.4, -0.2) is 42.7 Å². The van der Waals surface area contributed by atoms with Crippen LogP contribution >= 0.6 is 39.3 Å². The molecule has 1 fully saturated rings. The van der Waals surface area contributed by atoms with Gasteiger partial charge in [0.1, 0.15) is 0 Å². The topological polar surface area (TPSA) is 23.6 Å². The molecule has 1 saturated heterocycles. The van der Waals surface area contributed by atoms with Crippen molar-refractivity contribution < 1.29 is 4.79 Å². The zero-order valence-electron chi connectivity index (χ0n) is 14.8. The van der Waals surface area contributed by atoms with Gasteiger partial charge in [-0.25, -0.2) is 0 Å². The molecule has 0 aromatic heterocycles. The Morgan fingerprint density at radius 3 is 2.62 bits per heavy atom. The highest BCUT2D eigenvalue weighted by Gasteiger charge is 2.22. The first-order chi connectivity index (χ1) is 12.5. The fraction of sp³-hybridized carbons (Fsp3) is 0.350. The maximum absolute atomic E-state index is 12.5.